The molecule has 4 nitrogen and oxygen atoms in total. The number of hydrogen-bond donors (Lipinski definition) is 1. The van der Waals surface area contributed by atoms with E-state index in [1.165, 1.54) is 41.7 Å². The number of carbonyl (C=O) groups is 1. The SMILES string of the molecule is Cc1ccc(CSCC(=O)Nc2nc(CN3CCCCC3)cs2)cc1. The van der Waals surface area contributed by atoms with E-state index in [4.69, 9.17) is 0 Å². The van der Waals surface area contributed by atoms with Crippen LogP contribution in [0.2, 0.25) is 0 Å². The summed E-state index contributed by atoms with van der Waals surface area (Å²) < 4.78 is 0. The van der Waals surface area contributed by atoms with Crippen molar-refractivity contribution in [2.45, 2.75) is 38.5 Å². The molecule has 1 aromatic heterocycles. The van der Waals surface area contributed by atoms with Crippen LogP contribution < -0.4 is 5.32 Å². The smallest absolute Gasteiger partial charge is 0.236 e. The number of nitrogens with one attached hydrogen (secondary N) is 1. The van der Waals surface area contributed by atoms with Crippen LogP contribution >= 0.6 is 23.1 Å². The number of carbonyl (C=O) groups excluding carboxylic acids is 1. The lowest BCUT2D eigenvalue weighted by molar-refractivity contribution is -0.113. The van der Waals surface area contributed by atoms with Crippen molar-refractivity contribution < 1.29 is 4.79 Å². The van der Waals surface area contributed by atoms with Crippen molar-refractivity contribution >= 4 is 34.1 Å². The lowest BCUT2D eigenvalue weighted by Gasteiger charge is -2.25. The van der Waals surface area contributed by atoms with Crippen molar-refractivity contribution in [2.24, 2.45) is 0 Å². The molecule has 1 aliphatic rings. The number of piperidine rings is 1. The Morgan fingerprint density at radius 3 is 2.76 bits per heavy atom. The molecule has 1 aliphatic heterocycles. The molecule has 1 amide bonds. The van der Waals surface area contributed by atoms with Gasteiger partial charge in [-0.2, -0.15) is 0 Å². The summed E-state index contributed by atoms with van der Waals surface area (Å²) >= 11 is 3.15. The lowest BCUT2D eigenvalue weighted by Crippen LogP contribution is -2.29. The summed E-state index contributed by atoms with van der Waals surface area (Å²) in [6.45, 7) is 5.30. The van der Waals surface area contributed by atoms with E-state index < -0.39 is 0 Å². The highest BCUT2D eigenvalue weighted by Crippen LogP contribution is 2.19. The van der Waals surface area contributed by atoms with Gasteiger partial charge >= 0.3 is 0 Å². The normalized spacial score (nSPS) is 15.2. The van der Waals surface area contributed by atoms with Crippen LogP contribution in [-0.2, 0) is 17.1 Å². The second-order valence-electron chi connectivity index (χ2n) is 6.51. The molecule has 2 aromatic rings. The van der Waals surface area contributed by atoms with Crippen LogP contribution in [0, 0.1) is 6.92 Å². The Balaban J connectivity index is 1.39. The second-order valence-corrected chi connectivity index (χ2v) is 8.35. The van der Waals surface area contributed by atoms with Gasteiger partial charge in [-0.1, -0.05) is 36.2 Å². The Labute approximate surface area is 158 Å². The first kappa shape index (κ1) is 18.4. The zero-order chi connectivity index (χ0) is 17.5. The quantitative estimate of drug-likeness (QED) is 0.783. The van der Waals surface area contributed by atoms with Gasteiger partial charge in [-0.05, 0) is 38.4 Å². The van der Waals surface area contributed by atoms with Gasteiger partial charge in [-0.3, -0.25) is 9.69 Å². The van der Waals surface area contributed by atoms with Gasteiger partial charge in [-0.25, -0.2) is 4.98 Å². The highest BCUT2D eigenvalue weighted by Gasteiger charge is 2.13. The molecule has 1 saturated heterocycles. The molecule has 134 valence electrons. The molecule has 1 aromatic carbocycles. The molecule has 0 unspecified atom stereocenters. The van der Waals surface area contributed by atoms with Crippen molar-refractivity contribution in [3.05, 3.63) is 46.5 Å². The van der Waals surface area contributed by atoms with Gasteiger partial charge in [0.2, 0.25) is 5.91 Å². The van der Waals surface area contributed by atoms with E-state index in [9.17, 15) is 4.79 Å². The van der Waals surface area contributed by atoms with E-state index in [0.29, 0.717) is 10.9 Å². The average Bonchev–Trinajstić information content (AvgIpc) is 3.04. The molecule has 1 fully saturated rings. The van der Waals surface area contributed by atoms with Crippen LogP contribution in [0.25, 0.3) is 0 Å². The van der Waals surface area contributed by atoms with Crippen molar-refractivity contribution in [1.82, 2.24) is 9.88 Å². The molecule has 2 heterocycles. The van der Waals surface area contributed by atoms with Crippen molar-refractivity contribution in [3.63, 3.8) is 0 Å². The van der Waals surface area contributed by atoms with Gasteiger partial charge in [-0.15, -0.1) is 23.1 Å². The maximum Gasteiger partial charge on any atom is 0.236 e. The van der Waals surface area contributed by atoms with Gasteiger partial charge < -0.3 is 5.32 Å². The predicted octanol–water partition coefficient (Wildman–Crippen LogP) is 4.31. The van der Waals surface area contributed by atoms with E-state index >= 15 is 0 Å². The number of benzene rings is 1. The summed E-state index contributed by atoms with van der Waals surface area (Å²) in [6, 6.07) is 8.45. The predicted molar refractivity (Wildman–Crippen MR) is 107 cm³/mol. The summed E-state index contributed by atoms with van der Waals surface area (Å²) in [7, 11) is 0. The summed E-state index contributed by atoms with van der Waals surface area (Å²) in [5.74, 6) is 1.33. The summed E-state index contributed by atoms with van der Waals surface area (Å²) in [6.07, 6.45) is 3.91. The number of thioether (sulfide) groups is 1. The molecule has 6 heteroatoms. The Hall–Kier alpha value is -1.37. The van der Waals surface area contributed by atoms with Crippen LogP contribution in [0.4, 0.5) is 5.13 Å². The Morgan fingerprint density at radius 1 is 1.24 bits per heavy atom. The van der Waals surface area contributed by atoms with Crippen molar-refractivity contribution in [1.29, 1.82) is 0 Å². The van der Waals surface area contributed by atoms with Crippen LogP contribution in [0.15, 0.2) is 29.6 Å². The second kappa shape index (κ2) is 9.36. The number of aryl methyl sites for hydroxylation is 1. The van der Waals surface area contributed by atoms with Crippen LogP contribution in [0.5, 0.6) is 0 Å². The number of anilines is 1. The summed E-state index contributed by atoms with van der Waals surface area (Å²) in [5, 5.41) is 5.70. The molecule has 0 aliphatic carbocycles. The first-order valence-corrected chi connectivity index (χ1v) is 10.8. The fourth-order valence-corrected chi connectivity index (χ4v) is 4.39. The summed E-state index contributed by atoms with van der Waals surface area (Å²) in [4.78, 5) is 19.1. The minimum Gasteiger partial charge on any atom is -0.301 e. The molecule has 3 rings (SSSR count). The minimum atomic E-state index is 0.0241. The van der Waals surface area contributed by atoms with Gasteiger partial charge in [0, 0.05) is 17.7 Å². The average molecular weight is 376 g/mol. The molecule has 25 heavy (non-hydrogen) atoms. The molecule has 0 radical (unpaired) electrons. The third-order valence-corrected chi connectivity index (χ3v) is 6.07. The zero-order valence-corrected chi connectivity index (χ0v) is 16.3. The Morgan fingerprint density at radius 2 is 2.00 bits per heavy atom. The number of hydrogen-bond acceptors (Lipinski definition) is 5. The van der Waals surface area contributed by atoms with Crippen molar-refractivity contribution in [2.75, 3.05) is 24.2 Å². The first-order valence-electron chi connectivity index (χ1n) is 8.79. The van der Waals surface area contributed by atoms with Gasteiger partial charge in [0.15, 0.2) is 5.13 Å². The monoisotopic (exact) mass is 375 g/mol. The topological polar surface area (TPSA) is 45.2 Å². The van der Waals surface area contributed by atoms with Crippen LogP contribution in [-0.4, -0.2) is 34.6 Å². The lowest BCUT2D eigenvalue weighted by atomic mass is 10.1. The highest BCUT2D eigenvalue weighted by molar-refractivity contribution is 7.99. The molecule has 0 atom stereocenters. The largest absolute Gasteiger partial charge is 0.301 e. The number of amides is 1. The Kier molecular flexibility index (Phi) is 6.90. The van der Waals surface area contributed by atoms with Gasteiger partial charge in [0.25, 0.3) is 0 Å². The number of thiazole rings is 1. The van der Waals surface area contributed by atoms with Gasteiger partial charge in [0.1, 0.15) is 0 Å². The first-order chi connectivity index (χ1) is 12.2. The maximum absolute atomic E-state index is 12.1. The van der Waals surface area contributed by atoms with Crippen LogP contribution in [0.1, 0.15) is 36.1 Å². The number of aromatic nitrogens is 1. The third-order valence-electron chi connectivity index (χ3n) is 4.25. The summed E-state index contributed by atoms with van der Waals surface area (Å²) in [5.41, 5.74) is 3.58. The maximum atomic E-state index is 12.1. The Bertz CT molecular complexity index is 678. The number of nitrogens with zero attached hydrogens (tertiary/aromatic N) is 2. The molecular formula is C19H25N3OS2. The fourth-order valence-electron chi connectivity index (χ4n) is 2.88. The van der Waals surface area contributed by atoms with E-state index in [2.05, 4.69) is 51.8 Å². The molecule has 0 saturated carbocycles. The van der Waals surface area contributed by atoms with Gasteiger partial charge in [0.05, 0.1) is 11.4 Å². The van der Waals surface area contributed by atoms with Crippen molar-refractivity contribution in [3.8, 4) is 0 Å². The highest BCUT2D eigenvalue weighted by atomic mass is 32.2. The zero-order valence-electron chi connectivity index (χ0n) is 14.7. The number of rotatable bonds is 7. The van der Waals surface area contributed by atoms with Crippen LogP contribution in [0.3, 0.4) is 0 Å². The minimum absolute atomic E-state index is 0.0241. The molecule has 0 bridgehead atoms. The van der Waals surface area contributed by atoms with E-state index in [0.717, 1.165) is 31.1 Å². The fraction of sp³-hybridized carbons (Fsp3) is 0.474. The van der Waals surface area contributed by atoms with E-state index in [1.807, 2.05) is 0 Å². The number of likely N-dealkylation sites (tertiary alicyclic amines) is 1. The van der Waals surface area contributed by atoms with E-state index in [1.54, 1.807) is 11.8 Å². The standard InChI is InChI=1S/C19H25N3OS2/c1-15-5-7-16(8-6-15)12-24-14-18(23)21-19-20-17(13-25-19)11-22-9-3-2-4-10-22/h5-8,13H,2-4,9-12,14H2,1H3,(H,20,21,23). The van der Waals surface area contributed by atoms with E-state index in [-0.39, 0.29) is 5.91 Å². The third kappa shape index (κ3) is 6.13. The molecule has 1 N–H and O–H groups in total. The molecule has 0 spiro atoms. The molecular weight excluding hydrogens is 350 g/mol.